The first kappa shape index (κ1) is 26.4. The molecule has 3 heteroatoms. The molecule has 0 heterocycles. The maximum absolute atomic E-state index is 14.6. The standard InChI is InChI=1S/C26H33F3/c1-16(2)11-12-19(6)22(9)25(28)26(29)23(10)20(7)14-13-18(5)21(8)15-24(27)17(3)4/h11-12,15,18,20H,1,3,6,8-10,13-14H2,2,4-5,7H3/b12-11-,24-15+,26-25-. The van der Waals surface area contributed by atoms with Gasteiger partial charge in [0.2, 0.25) is 0 Å². The second kappa shape index (κ2) is 12.1. The van der Waals surface area contributed by atoms with Crippen molar-refractivity contribution in [1.29, 1.82) is 0 Å². The molecule has 0 fully saturated rings. The minimum atomic E-state index is -1.07. The van der Waals surface area contributed by atoms with Crippen LogP contribution in [0.3, 0.4) is 0 Å². The predicted molar refractivity (Wildman–Crippen MR) is 121 cm³/mol. The molecule has 0 aromatic rings. The lowest BCUT2D eigenvalue weighted by Gasteiger charge is -2.18. The van der Waals surface area contributed by atoms with Gasteiger partial charge in [-0.15, -0.1) is 0 Å². The van der Waals surface area contributed by atoms with Crippen LogP contribution in [0.4, 0.5) is 13.2 Å². The van der Waals surface area contributed by atoms with Gasteiger partial charge in [-0.2, -0.15) is 0 Å². The number of hydrogen-bond acceptors (Lipinski definition) is 0. The second-order valence-electron chi connectivity index (χ2n) is 7.56. The van der Waals surface area contributed by atoms with E-state index in [1.807, 2.05) is 6.92 Å². The van der Waals surface area contributed by atoms with Crippen molar-refractivity contribution in [3.05, 3.63) is 109 Å². The maximum Gasteiger partial charge on any atom is 0.166 e. The van der Waals surface area contributed by atoms with Crippen LogP contribution < -0.4 is 0 Å². The van der Waals surface area contributed by atoms with Crippen LogP contribution in [-0.2, 0) is 0 Å². The van der Waals surface area contributed by atoms with Crippen molar-refractivity contribution in [3.63, 3.8) is 0 Å². The summed E-state index contributed by atoms with van der Waals surface area (Å²) in [5, 5.41) is 0. The average molecular weight is 403 g/mol. The van der Waals surface area contributed by atoms with Gasteiger partial charge in [-0.25, -0.2) is 13.2 Å². The molecule has 2 atom stereocenters. The third-order valence-corrected chi connectivity index (χ3v) is 4.68. The number of rotatable bonds is 12. The molecule has 0 N–H and O–H groups in total. The highest BCUT2D eigenvalue weighted by Crippen LogP contribution is 2.32. The van der Waals surface area contributed by atoms with Crippen LogP contribution in [-0.4, -0.2) is 0 Å². The van der Waals surface area contributed by atoms with Gasteiger partial charge in [0, 0.05) is 5.57 Å². The quantitative estimate of drug-likeness (QED) is 0.286. The van der Waals surface area contributed by atoms with E-state index in [1.54, 1.807) is 26.8 Å². The van der Waals surface area contributed by atoms with Gasteiger partial charge in [0.25, 0.3) is 0 Å². The molecule has 0 aliphatic carbocycles. The Hall–Kier alpha value is -2.55. The highest BCUT2D eigenvalue weighted by molar-refractivity contribution is 5.50. The fourth-order valence-corrected chi connectivity index (χ4v) is 2.26. The molecular weight excluding hydrogens is 369 g/mol. The molecular formula is C26H33F3. The van der Waals surface area contributed by atoms with Crippen molar-refractivity contribution in [1.82, 2.24) is 0 Å². The Morgan fingerprint density at radius 1 is 0.793 bits per heavy atom. The van der Waals surface area contributed by atoms with Crippen molar-refractivity contribution in [3.8, 4) is 0 Å². The highest BCUT2D eigenvalue weighted by atomic mass is 19.2. The van der Waals surface area contributed by atoms with E-state index in [1.165, 1.54) is 12.2 Å². The van der Waals surface area contributed by atoms with Gasteiger partial charge in [0.05, 0.1) is 0 Å². The van der Waals surface area contributed by atoms with Gasteiger partial charge in [0.15, 0.2) is 11.7 Å². The number of allylic oxidation sites excluding steroid dienone is 12. The molecule has 29 heavy (non-hydrogen) atoms. The third kappa shape index (κ3) is 8.99. The van der Waals surface area contributed by atoms with Crippen molar-refractivity contribution in [2.24, 2.45) is 11.8 Å². The molecule has 0 aliphatic rings. The monoisotopic (exact) mass is 402 g/mol. The molecule has 0 aromatic carbocycles. The Morgan fingerprint density at radius 3 is 1.79 bits per heavy atom. The third-order valence-electron chi connectivity index (χ3n) is 4.68. The Bertz CT molecular complexity index is 800. The summed E-state index contributed by atoms with van der Waals surface area (Å²) in [7, 11) is 0. The highest BCUT2D eigenvalue weighted by Gasteiger charge is 2.19. The van der Waals surface area contributed by atoms with Crippen molar-refractivity contribution in [2.45, 2.75) is 40.5 Å². The molecule has 0 bridgehead atoms. The van der Waals surface area contributed by atoms with E-state index in [9.17, 15) is 13.2 Å². The first-order valence-corrected chi connectivity index (χ1v) is 9.47. The van der Waals surface area contributed by atoms with Crippen LogP contribution in [0, 0.1) is 11.8 Å². The summed E-state index contributed by atoms with van der Waals surface area (Å²) in [6, 6.07) is 0. The molecule has 0 aliphatic heterocycles. The molecule has 0 spiro atoms. The van der Waals surface area contributed by atoms with Crippen molar-refractivity contribution >= 4 is 0 Å². The van der Waals surface area contributed by atoms with Gasteiger partial charge >= 0.3 is 0 Å². The minimum Gasteiger partial charge on any atom is -0.207 e. The fourth-order valence-electron chi connectivity index (χ4n) is 2.26. The fraction of sp³-hybridized carbons (Fsp3) is 0.308. The van der Waals surface area contributed by atoms with E-state index in [2.05, 4.69) is 39.5 Å². The molecule has 0 saturated heterocycles. The summed E-state index contributed by atoms with van der Waals surface area (Å²) in [6.07, 6.45) is 5.72. The van der Waals surface area contributed by atoms with Gasteiger partial charge in [-0.05, 0) is 66.9 Å². The summed E-state index contributed by atoms with van der Waals surface area (Å²) in [5.74, 6) is -2.82. The first-order chi connectivity index (χ1) is 13.3. The van der Waals surface area contributed by atoms with Gasteiger partial charge in [-0.3, -0.25) is 0 Å². The van der Waals surface area contributed by atoms with Gasteiger partial charge in [0.1, 0.15) is 5.83 Å². The smallest absolute Gasteiger partial charge is 0.166 e. The molecule has 0 rings (SSSR count). The lowest BCUT2D eigenvalue weighted by Crippen LogP contribution is -2.05. The van der Waals surface area contributed by atoms with Crippen molar-refractivity contribution in [2.75, 3.05) is 0 Å². The molecule has 0 nitrogen and oxygen atoms in total. The van der Waals surface area contributed by atoms with Crippen molar-refractivity contribution < 1.29 is 13.2 Å². The van der Waals surface area contributed by atoms with E-state index in [-0.39, 0.29) is 28.6 Å². The second-order valence-corrected chi connectivity index (χ2v) is 7.56. The van der Waals surface area contributed by atoms with Gasteiger partial charge in [-0.1, -0.05) is 71.0 Å². The molecule has 158 valence electrons. The average Bonchev–Trinajstić information content (AvgIpc) is 2.66. The van der Waals surface area contributed by atoms with E-state index in [0.717, 1.165) is 5.57 Å². The van der Waals surface area contributed by atoms with E-state index in [0.29, 0.717) is 24.0 Å². The molecule has 0 radical (unpaired) electrons. The number of halogens is 3. The molecule has 0 amide bonds. The summed E-state index contributed by atoms with van der Waals surface area (Å²) in [5.41, 5.74) is 1.91. The Morgan fingerprint density at radius 2 is 1.31 bits per heavy atom. The molecule has 0 saturated carbocycles. The molecule has 0 aromatic heterocycles. The van der Waals surface area contributed by atoms with Crippen LogP contribution in [0.1, 0.15) is 40.5 Å². The zero-order valence-corrected chi connectivity index (χ0v) is 18.2. The zero-order chi connectivity index (χ0) is 22.9. The predicted octanol–water partition coefficient (Wildman–Crippen LogP) is 8.98. The topological polar surface area (TPSA) is 0 Å². The zero-order valence-electron chi connectivity index (χ0n) is 18.2. The van der Waals surface area contributed by atoms with Crippen LogP contribution in [0.25, 0.3) is 0 Å². The molecule has 2 unspecified atom stereocenters. The summed E-state index contributed by atoms with van der Waals surface area (Å²) in [6.45, 7) is 29.2. The van der Waals surface area contributed by atoms with Gasteiger partial charge < -0.3 is 0 Å². The SMILES string of the molecule is C=C(C)/C=C\C(=C)C(=C)/C(F)=C(/F)C(=C)C(C)CCC(C)C(=C)/C=C(/F)C(=C)C. The minimum absolute atomic E-state index is 0.0192. The van der Waals surface area contributed by atoms with E-state index in [4.69, 9.17) is 0 Å². The van der Waals surface area contributed by atoms with Crippen LogP contribution in [0.2, 0.25) is 0 Å². The number of hydrogen-bond donors (Lipinski definition) is 0. The lowest BCUT2D eigenvalue weighted by atomic mass is 9.88. The Kier molecular flexibility index (Phi) is 11.0. The van der Waals surface area contributed by atoms with Crippen LogP contribution in [0.5, 0.6) is 0 Å². The van der Waals surface area contributed by atoms with Crippen LogP contribution >= 0.6 is 0 Å². The lowest BCUT2D eigenvalue weighted by molar-refractivity contribution is 0.480. The summed E-state index contributed by atoms with van der Waals surface area (Å²) < 4.78 is 42.7. The summed E-state index contributed by atoms with van der Waals surface area (Å²) >= 11 is 0. The maximum atomic E-state index is 14.6. The Balaban J connectivity index is 5.07. The summed E-state index contributed by atoms with van der Waals surface area (Å²) in [4.78, 5) is 0. The largest absolute Gasteiger partial charge is 0.207 e. The van der Waals surface area contributed by atoms with Crippen LogP contribution in [0.15, 0.2) is 109 Å². The Labute approximate surface area is 174 Å². The van der Waals surface area contributed by atoms with E-state index < -0.39 is 17.5 Å². The normalized spacial score (nSPS) is 14.8. The van der Waals surface area contributed by atoms with E-state index >= 15 is 0 Å². The first-order valence-electron chi connectivity index (χ1n) is 9.47.